The van der Waals surface area contributed by atoms with Crippen molar-refractivity contribution in [1.82, 2.24) is 10.2 Å². The first kappa shape index (κ1) is 22.0. The second-order valence-electron chi connectivity index (χ2n) is 8.30. The average Bonchev–Trinajstić information content (AvgIpc) is 2.47. The van der Waals surface area contributed by atoms with Crippen molar-refractivity contribution in [1.29, 1.82) is 0 Å². The van der Waals surface area contributed by atoms with Crippen LogP contribution in [0.1, 0.15) is 34.6 Å². The highest BCUT2D eigenvalue weighted by Gasteiger charge is 2.50. The first-order chi connectivity index (χ1) is 11.2. The van der Waals surface area contributed by atoms with Gasteiger partial charge in [0, 0.05) is 7.05 Å². The van der Waals surface area contributed by atoms with Crippen LogP contribution in [0.5, 0.6) is 0 Å². The van der Waals surface area contributed by atoms with Crippen molar-refractivity contribution in [2.24, 2.45) is 11.8 Å². The van der Waals surface area contributed by atoms with Crippen molar-refractivity contribution in [2.45, 2.75) is 64.9 Å². The van der Waals surface area contributed by atoms with Crippen molar-refractivity contribution in [3.63, 3.8) is 0 Å². The first-order valence-corrected chi connectivity index (χ1v) is 11.9. The smallest absolute Gasteiger partial charge is 0.265 e. The zero-order chi connectivity index (χ0) is 19.7. The molecule has 25 heavy (non-hydrogen) atoms. The second-order valence-corrected chi connectivity index (χ2v) is 13.4. The van der Waals surface area contributed by atoms with Gasteiger partial charge in [-0.2, -0.15) is 0 Å². The standard InChI is InChI=1S/C17H32N2O4SSi/c1-10(15(21)19(6)16(24)22-7)13-12(14(20)18-13)11(2)23-25(8,9)17(3,4)5/h10-13H,1-9H3,(H,18,20)/t10-,11-,12-,13-/m1/s1. The maximum atomic E-state index is 12.6. The highest BCUT2D eigenvalue weighted by molar-refractivity contribution is 7.80. The minimum Gasteiger partial charge on any atom is -0.474 e. The van der Waals surface area contributed by atoms with Gasteiger partial charge in [-0.25, -0.2) is 0 Å². The van der Waals surface area contributed by atoms with Crippen LogP contribution in [-0.2, 0) is 18.8 Å². The molecule has 1 aliphatic heterocycles. The summed E-state index contributed by atoms with van der Waals surface area (Å²) in [6, 6.07) is -0.262. The van der Waals surface area contributed by atoms with Crippen molar-refractivity contribution < 1.29 is 18.8 Å². The van der Waals surface area contributed by atoms with E-state index >= 15 is 0 Å². The molecule has 4 atom stereocenters. The van der Waals surface area contributed by atoms with Crippen LogP contribution in [0.3, 0.4) is 0 Å². The molecule has 1 rings (SSSR count). The van der Waals surface area contributed by atoms with Crippen molar-refractivity contribution in [2.75, 3.05) is 14.2 Å². The Balaban J connectivity index is 2.85. The van der Waals surface area contributed by atoms with E-state index in [4.69, 9.17) is 21.4 Å². The van der Waals surface area contributed by atoms with E-state index in [9.17, 15) is 9.59 Å². The van der Waals surface area contributed by atoms with Gasteiger partial charge in [-0.3, -0.25) is 14.5 Å². The summed E-state index contributed by atoms with van der Waals surface area (Å²) in [4.78, 5) is 26.0. The second kappa shape index (κ2) is 7.71. The highest BCUT2D eigenvalue weighted by Crippen LogP contribution is 2.39. The van der Waals surface area contributed by atoms with Crippen LogP contribution < -0.4 is 5.32 Å². The van der Waals surface area contributed by atoms with Gasteiger partial charge in [0.2, 0.25) is 11.8 Å². The Morgan fingerprint density at radius 1 is 1.32 bits per heavy atom. The molecule has 6 nitrogen and oxygen atoms in total. The van der Waals surface area contributed by atoms with E-state index < -0.39 is 14.2 Å². The van der Waals surface area contributed by atoms with E-state index in [2.05, 4.69) is 39.2 Å². The summed E-state index contributed by atoms with van der Waals surface area (Å²) in [6.45, 7) is 14.5. The summed E-state index contributed by atoms with van der Waals surface area (Å²) in [7, 11) is 1.01. The largest absolute Gasteiger partial charge is 0.474 e. The number of methoxy groups -OCH3 is 1. The summed E-state index contributed by atoms with van der Waals surface area (Å²) >= 11 is 5.01. The maximum absolute atomic E-state index is 12.6. The van der Waals surface area contributed by atoms with Crippen LogP contribution in [0.25, 0.3) is 0 Å². The molecule has 0 aromatic heterocycles. The Kier molecular flexibility index (Phi) is 6.80. The number of carbonyl (C=O) groups is 2. The number of rotatable bonds is 5. The number of thiocarbonyl (C=S) groups is 1. The lowest BCUT2D eigenvalue weighted by Gasteiger charge is -2.47. The third kappa shape index (κ3) is 4.59. The van der Waals surface area contributed by atoms with Crippen LogP contribution >= 0.6 is 12.2 Å². The lowest BCUT2D eigenvalue weighted by atomic mass is 9.78. The van der Waals surface area contributed by atoms with E-state index in [1.165, 1.54) is 12.0 Å². The Morgan fingerprint density at radius 2 is 1.84 bits per heavy atom. The number of hydrogen-bond acceptors (Lipinski definition) is 5. The maximum Gasteiger partial charge on any atom is 0.265 e. The molecule has 144 valence electrons. The summed E-state index contributed by atoms with van der Waals surface area (Å²) in [5.41, 5.74) is 0. The van der Waals surface area contributed by atoms with E-state index in [1.54, 1.807) is 14.0 Å². The summed E-state index contributed by atoms with van der Waals surface area (Å²) in [5, 5.41) is 3.03. The molecule has 0 aromatic carbocycles. The van der Waals surface area contributed by atoms with Crippen molar-refractivity contribution in [3.8, 4) is 0 Å². The van der Waals surface area contributed by atoms with Crippen LogP contribution in [0.4, 0.5) is 0 Å². The molecule has 1 N–H and O–H groups in total. The van der Waals surface area contributed by atoms with Gasteiger partial charge in [0.25, 0.3) is 5.17 Å². The fourth-order valence-electron chi connectivity index (χ4n) is 2.76. The van der Waals surface area contributed by atoms with Crippen LogP contribution in [-0.4, -0.2) is 56.5 Å². The van der Waals surface area contributed by atoms with Gasteiger partial charge in [0.15, 0.2) is 8.32 Å². The van der Waals surface area contributed by atoms with Gasteiger partial charge >= 0.3 is 0 Å². The van der Waals surface area contributed by atoms with Gasteiger partial charge in [-0.1, -0.05) is 27.7 Å². The molecular formula is C17H32N2O4SSi. The molecule has 2 amide bonds. The Morgan fingerprint density at radius 3 is 2.24 bits per heavy atom. The predicted molar refractivity (Wildman–Crippen MR) is 105 cm³/mol. The minimum atomic E-state index is -2.00. The zero-order valence-electron chi connectivity index (χ0n) is 16.8. The fourth-order valence-corrected chi connectivity index (χ4v) is 4.28. The molecule has 0 radical (unpaired) electrons. The molecule has 0 unspecified atom stereocenters. The number of carbonyl (C=O) groups excluding carboxylic acids is 2. The molecule has 1 aliphatic rings. The quantitative estimate of drug-likeness (QED) is 0.445. The molecule has 0 spiro atoms. The summed E-state index contributed by atoms with van der Waals surface area (Å²) in [6.07, 6.45) is -0.241. The normalized spacial score (nSPS) is 23.2. The monoisotopic (exact) mass is 388 g/mol. The lowest BCUT2D eigenvalue weighted by Crippen LogP contribution is -2.67. The van der Waals surface area contributed by atoms with Gasteiger partial charge in [-0.15, -0.1) is 0 Å². The molecule has 0 saturated carbocycles. The molecule has 0 aromatic rings. The third-order valence-corrected chi connectivity index (χ3v) is 10.5. The summed E-state index contributed by atoms with van der Waals surface area (Å²) < 4.78 is 11.3. The Labute approximate surface area is 157 Å². The number of β-lactam (4-membered cyclic amide) rings is 1. The highest BCUT2D eigenvalue weighted by atomic mass is 32.1. The topological polar surface area (TPSA) is 67.9 Å². The molecule has 1 saturated heterocycles. The van der Waals surface area contributed by atoms with Crippen molar-refractivity contribution in [3.05, 3.63) is 0 Å². The van der Waals surface area contributed by atoms with Gasteiger partial charge in [0.1, 0.15) is 0 Å². The number of nitrogens with zero attached hydrogens (tertiary/aromatic N) is 1. The lowest BCUT2D eigenvalue weighted by molar-refractivity contribution is -0.146. The average molecular weight is 389 g/mol. The molecule has 0 aliphatic carbocycles. The van der Waals surface area contributed by atoms with E-state index in [0.29, 0.717) is 0 Å². The Bertz CT molecular complexity index is 547. The molecule has 1 heterocycles. The van der Waals surface area contributed by atoms with Crippen LogP contribution in [0.15, 0.2) is 0 Å². The molecular weight excluding hydrogens is 356 g/mol. The number of amides is 2. The van der Waals surface area contributed by atoms with E-state index in [0.717, 1.165) is 0 Å². The first-order valence-electron chi connectivity index (χ1n) is 8.58. The number of ether oxygens (including phenoxy) is 1. The van der Waals surface area contributed by atoms with Crippen molar-refractivity contribution >= 4 is 37.5 Å². The predicted octanol–water partition coefficient (Wildman–Crippen LogP) is 2.54. The van der Waals surface area contributed by atoms with Crippen LogP contribution in [0, 0.1) is 11.8 Å². The molecule has 1 fully saturated rings. The van der Waals surface area contributed by atoms with Gasteiger partial charge < -0.3 is 14.5 Å². The SMILES string of the molecule is COC(=S)N(C)C(=O)[C@H](C)[C@H]1NC(=O)[C@@H]1[C@@H](C)O[Si](C)(C)C(C)(C)C. The summed E-state index contributed by atoms with van der Waals surface area (Å²) in [5.74, 6) is -0.988. The van der Waals surface area contributed by atoms with Gasteiger partial charge in [-0.05, 0) is 37.3 Å². The van der Waals surface area contributed by atoms with Crippen LogP contribution in [0.2, 0.25) is 18.1 Å². The van der Waals surface area contributed by atoms with E-state index in [-0.39, 0.29) is 40.1 Å². The number of hydrogen-bond donors (Lipinski definition) is 1. The molecule has 0 bridgehead atoms. The minimum absolute atomic E-state index is 0.0588. The number of nitrogens with one attached hydrogen (secondary N) is 1. The fraction of sp³-hybridized carbons (Fsp3) is 0.824. The Hall–Kier alpha value is -0.993. The molecule has 8 heteroatoms. The third-order valence-electron chi connectivity index (χ3n) is 5.50. The van der Waals surface area contributed by atoms with Gasteiger partial charge in [0.05, 0.1) is 31.1 Å². The van der Waals surface area contributed by atoms with E-state index in [1.807, 2.05) is 6.92 Å². The zero-order valence-corrected chi connectivity index (χ0v) is 18.6.